The van der Waals surface area contributed by atoms with Crippen LogP contribution in [-0.2, 0) is 19.3 Å². The van der Waals surface area contributed by atoms with Gasteiger partial charge >= 0.3 is 0 Å². The number of hydrogen-bond donors (Lipinski definition) is 1. The molecule has 0 bridgehead atoms. The van der Waals surface area contributed by atoms with Crippen molar-refractivity contribution in [1.29, 1.82) is 0 Å². The first kappa shape index (κ1) is 10.6. The molecule has 1 aliphatic rings. The molecule has 1 N–H and O–H groups in total. The van der Waals surface area contributed by atoms with E-state index in [1.807, 2.05) is 0 Å². The van der Waals surface area contributed by atoms with Crippen molar-refractivity contribution in [2.24, 2.45) is 0 Å². The van der Waals surface area contributed by atoms with Gasteiger partial charge in [0.2, 0.25) is 0 Å². The summed E-state index contributed by atoms with van der Waals surface area (Å²) in [6.45, 7) is 4.30. The standard InChI is InChI=1S/C13H19NO/c1-3-9-8-10-6-5-7-12(15)13(10)14-11(9)4-2/h8,12,15H,3-7H2,1-2H3. The quantitative estimate of drug-likeness (QED) is 0.805. The summed E-state index contributed by atoms with van der Waals surface area (Å²) in [4.78, 5) is 4.63. The summed E-state index contributed by atoms with van der Waals surface area (Å²) in [5.41, 5.74) is 4.72. The summed E-state index contributed by atoms with van der Waals surface area (Å²) in [6, 6.07) is 2.25. The fourth-order valence-electron chi connectivity index (χ4n) is 2.38. The summed E-state index contributed by atoms with van der Waals surface area (Å²) < 4.78 is 0. The topological polar surface area (TPSA) is 33.1 Å². The predicted molar refractivity (Wildman–Crippen MR) is 60.9 cm³/mol. The van der Waals surface area contributed by atoms with Gasteiger partial charge < -0.3 is 5.11 Å². The zero-order valence-electron chi connectivity index (χ0n) is 9.58. The number of hydrogen-bond acceptors (Lipinski definition) is 2. The Morgan fingerprint density at radius 2 is 2.20 bits per heavy atom. The van der Waals surface area contributed by atoms with Gasteiger partial charge in [-0.05, 0) is 43.2 Å². The molecule has 0 aliphatic heterocycles. The summed E-state index contributed by atoms with van der Waals surface area (Å²) in [7, 11) is 0. The number of pyridine rings is 1. The van der Waals surface area contributed by atoms with E-state index in [0.29, 0.717) is 0 Å². The van der Waals surface area contributed by atoms with Gasteiger partial charge in [0.25, 0.3) is 0 Å². The molecule has 2 heteroatoms. The van der Waals surface area contributed by atoms with E-state index >= 15 is 0 Å². The number of nitrogens with zero attached hydrogens (tertiary/aromatic N) is 1. The molecule has 15 heavy (non-hydrogen) atoms. The third-order valence-corrected chi connectivity index (χ3v) is 3.26. The second-order valence-electron chi connectivity index (χ2n) is 4.25. The van der Waals surface area contributed by atoms with Gasteiger partial charge in [0.15, 0.2) is 0 Å². The van der Waals surface area contributed by atoms with Crippen molar-refractivity contribution in [2.45, 2.75) is 52.1 Å². The summed E-state index contributed by atoms with van der Waals surface area (Å²) >= 11 is 0. The van der Waals surface area contributed by atoms with Crippen molar-refractivity contribution in [3.63, 3.8) is 0 Å². The van der Waals surface area contributed by atoms with Crippen LogP contribution < -0.4 is 0 Å². The largest absolute Gasteiger partial charge is 0.387 e. The monoisotopic (exact) mass is 205 g/mol. The highest BCUT2D eigenvalue weighted by Gasteiger charge is 2.20. The van der Waals surface area contributed by atoms with Crippen LogP contribution in [0.5, 0.6) is 0 Å². The second kappa shape index (κ2) is 4.31. The van der Waals surface area contributed by atoms with Gasteiger partial charge in [-0.15, -0.1) is 0 Å². The van der Waals surface area contributed by atoms with Gasteiger partial charge in [-0.2, -0.15) is 0 Å². The predicted octanol–water partition coefficient (Wildman–Crippen LogP) is 2.58. The lowest BCUT2D eigenvalue weighted by Gasteiger charge is -2.22. The van der Waals surface area contributed by atoms with E-state index < -0.39 is 0 Å². The van der Waals surface area contributed by atoms with Crippen molar-refractivity contribution >= 4 is 0 Å². The molecule has 0 amide bonds. The summed E-state index contributed by atoms with van der Waals surface area (Å²) in [5.74, 6) is 0. The van der Waals surface area contributed by atoms with Crippen LogP contribution in [0.15, 0.2) is 6.07 Å². The Kier molecular flexibility index (Phi) is 3.06. The van der Waals surface area contributed by atoms with Crippen LogP contribution in [0, 0.1) is 0 Å². The summed E-state index contributed by atoms with van der Waals surface area (Å²) in [6.07, 6.45) is 4.71. The Balaban J connectivity index is 2.48. The Morgan fingerprint density at radius 1 is 1.40 bits per heavy atom. The lowest BCUT2D eigenvalue weighted by molar-refractivity contribution is 0.151. The first-order chi connectivity index (χ1) is 7.26. The molecule has 1 unspecified atom stereocenters. The Bertz CT molecular complexity index is 360. The average molecular weight is 205 g/mol. The molecule has 1 aromatic rings. The van der Waals surface area contributed by atoms with Crippen molar-refractivity contribution in [1.82, 2.24) is 4.98 Å². The highest BCUT2D eigenvalue weighted by Crippen LogP contribution is 2.29. The van der Waals surface area contributed by atoms with Crippen LogP contribution in [0.3, 0.4) is 0 Å². The van der Waals surface area contributed by atoms with Crippen LogP contribution in [0.2, 0.25) is 0 Å². The van der Waals surface area contributed by atoms with E-state index in [4.69, 9.17) is 0 Å². The van der Waals surface area contributed by atoms with Crippen LogP contribution >= 0.6 is 0 Å². The van der Waals surface area contributed by atoms with Gasteiger partial charge in [-0.1, -0.05) is 19.9 Å². The summed E-state index contributed by atoms with van der Waals surface area (Å²) in [5, 5.41) is 9.88. The van der Waals surface area contributed by atoms with E-state index in [1.165, 1.54) is 11.1 Å². The molecular formula is C13H19NO. The van der Waals surface area contributed by atoms with Gasteiger partial charge in [0, 0.05) is 5.69 Å². The Morgan fingerprint density at radius 3 is 2.87 bits per heavy atom. The molecule has 1 aliphatic carbocycles. The third kappa shape index (κ3) is 1.91. The molecule has 0 aromatic carbocycles. The van der Waals surface area contributed by atoms with Crippen LogP contribution in [0.1, 0.15) is 55.3 Å². The van der Waals surface area contributed by atoms with Crippen LogP contribution in [-0.4, -0.2) is 10.1 Å². The molecule has 0 radical (unpaired) electrons. The van der Waals surface area contributed by atoms with E-state index in [2.05, 4.69) is 24.9 Å². The van der Waals surface area contributed by atoms with E-state index in [9.17, 15) is 5.11 Å². The first-order valence-corrected chi connectivity index (χ1v) is 5.95. The minimum absolute atomic E-state index is 0.329. The van der Waals surface area contributed by atoms with Gasteiger partial charge in [0.05, 0.1) is 11.8 Å². The number of fused-ring (bicyclic) bond motifs is 1. The van der Waals surface area contributed by atoms with Crippen molar-refractivity contribution in [3.05, 3.63) is 28.6 Å². The molecule has 1 atom stereocenters. The molecule has 0 fully saturated rings. The molecule has 1 heterocycles. The number of aliphatic hydroxyl groups is 1. The lowest BCUT2D eigenvalue weighted by Crippen LogP contribution is -2.14. The first-order valence-electron chi connectivity index (χ1n) is 5.95. The maximum atomic E-state index is 9.88. The number of rotatable bonds is 2. The van der Waals surface area contributed by atoms with Gasteiger partial charge in [-0.3, -0.25) is 4.98 Å². The lowest BCUT2D eigenvalue weighted by atomic mass is 9.91. The minimum Gasteiger partial charge on any atom is -0.387 e. The molecule has 1 aromatic heterocycles. The molecule has 82 valence electrons. The molecule has 2 rings (SSSR count). The maximum absolute atomic E-state index is 9.88. The molecule has 0 saturated carbocycles. The normalized spacial score (nSPS) is 20.1. The zero-order chi connectivity index (χ0) is 10.8. The third-order valence-electron chi connectivity index (χ3n) is 3.26. The van der Waals surface area contributed by atoms with Crippen molar-refractivity contribution in [2.75, 3.05) is 0 Å². The average Bonchev–Trinajstić information content (AvgIpc) is 2.28. The van der Waals surface area contributed by atoms with Crippen molar-refractivity contribution < 1.29 is 5.11 Å². The second-order valence-corrected chi connectivity index (χ2v) is 4.25. The van der Waals surface area contributed by atoms with E-state index in [-0.39, 0.29) is 6.10 Å². The highest BCUT2D eigenvalue weighted by molar-refractivity contribution is 5.33. The van der Waals surface area contributed by atoms with E-state index in [1.54, 1.807) is 0 Å². The smallest absolute Gasteiger partial charge is 0.0962 e. The fraction of sp³-hybridized carbons (Fsp3) is 0.615. The van der Waals surface area contributed by atoms with Gasteiger partial charge in [0.1, 0.15) is 0 Å². The Labute approximate surface area is 91.4 Å². The SMILES string of the molecule is CCc1cc2c(nc1CC)C(O)CCC2. The van der Waals surface area contributed by atoms with Crippen molar-refractivity contribution in [3.8, 4) is 0 Å². The zero-order valence-corrected chi connectivity index (χ0v) is 9.58. The van der Waals surface area contributed by atoms with Gasteiger partial charge in [-0.25, -0.2) is 0 Å². The Hall–Kier alpha value is -0.890. The number of aryl methyl sites for hydroxylation is 3. The maximum Gasteiger partial charge on any atom is 0.0962 e. The molecular weight excluding hydrogens is 186 g/mol. The molecule has 2 nitrogen and oxygen atoms in total. The number of aliphatic hydroxyl groups excluding tert-OH is 1. The molecule has 0 saturated heterocycles. The number of aromatic nitrogens is 1. The molecule has 0 spiro atoms. The van der Waals surface area contributed by atoms with Crippen LogP contribution in [0.4, 0.5) is 0 Å². The van der Waals surface area contributed by atoms with E-state index in [0.717, 1.165) is 43.5 Å². The fourth-order valence-corrected chi connectivity index (χ4v) is 2.38. The minimum atomic E-state index is -0.329. The van der Waals surface area contributed by atoms with Crippen LogP contribution in [0.25, 0.3) is 0 Å². The highest BCUT2D eigenvalue weighted by atomic mass is 16.3.